The van der Waals surface area contributed by atoms with Gasteiger partial charge in [0.05, 0.1) is 16.6 Å². The maximum Gasteiger partial charge on any atom is 0.211 e. The van der Waals surface area contributed by atoms with E-state index in [1.807, 2.05) is 0 Å². The van der Waals surface area contributed by atoms with Crippen LogP contribution in [0.15, 0.2) is 24.2 Å². The third-order valence-electron chi connectivity index (χ3n) is 4.67. The van der Waals surface area contributed by atoms with Gasteiger partial charge >= 0.3 is 0 Å². The predicted octanol–water partition coefficient (Wildman–Crippen LogP) is 1.50. The summed E-state index contributed by atoms with van der Waals surface area (Å²) in [6.45, 7) is -3.70. The average Bonchev–Trinajstić information content (AvgIpc) is 3.02. The Morgan fingerprint density at radius 1 is 1.64 bits per heavy atom. The van der Waals surface area contributed by atoms with Gasteiger partial charge in [0, 0.05) is 32.5 Å². The van der Waals surface area contributed by atoms with Gasteiger partial charge in [0.25, 0.3) is 0 Å². The standard InChI is InChI=1S/C18H21NO3/c1-19-8-7-18-11-4-5-13(20)17(18)22-16-14(21-2)6-3-10(15(16)18)9-12(11)19/h3-6,11-13,17,20H,7-9H2,1-2H3/t11-,12+,13?,17?,18-/m0/s1/i1D3,2D3,3D,6D,9D2,11D,12D,13D,17D,20D. The molecule has 5 atom stereocenters. The molecule has 1 aromatic carbocycles. The van der Waals surface area contributed by atoms with Crippen LogP contribution in [0.5, 0.6) is 11.5 Å². The molecule has 2 unspecified atom stereocenters. The number of ether oxygens (including phenoxy) is 2. The van der Waals surface area contributed by atoms with Crippen LogP contribution in [0.2, 0.25) is 0 Å². The monoisotopic (exact) mass is 314 g/mol. The number of aliphatic hydroxyl groups is 1. The summed E-state index contributed by atoms with van der Waals surface area (Å²) >= 11 is 0. The zero-order valence-corrected chi connectivity index (χ0v) is 11.2. The van der Waals surface area contributed by atoms with E-state index in [0.717, 1.165) is 12.2 Å². The Labute approximate surface area is 151 Å². The quantitative estimate of drug-likeness (QED) is 0.840. The fraction of sp³-hybridized carbons (Fsp3) is 0.556. The van der Waals surface area contributed by atoms with Crippen LogP contribution < -0.4 is 9.47 Å². The Morgan fingerprint density at radius 3 is 3.50 bits per heavy atom. The smallest absolute Gasteiger partial charge is 0.211 e. The molecule has 4 nitrogen and oxygen atoms in total. The summed E-state index contributed by atoms with van der Waals surface area (Å²) in [6.07, 6.45) is -7.70. The minimum Gasteiger partial charge on any atom is -0.493 e. The van der Waals surface area contributed by atoms with Crippen LogP contribution in [-0.4, -0.2) is 50.2 Å². The number of hydrogen-bond acceptors (Lipinski definition) is 4. The Balaban J connectivity index is 2.03. The summed E-state index contributed by atoms with van der Waals surface area (Å²) in [5.74, 6) is -4.25. The average molecular weight is 314 g/mol. The van der Waals surface area contributed by atoms with Crippen LogP contribution in [0.3, 0.4) is 0 Å². The summed E-state index contributed by atoms with van der Waals surface area (Å²) in [6, 6.07) is -4.98. The van der Waals surface area contributed by atoms with Crippen molar-refractivity contribution in [3.05, 3.63) is 35.4 Å². The van der Waals surface area contributed by atoms with Crippen molar-refractivity contribution in [2.75, 3.05) is 20.6 Å². The number of piperidine rings is 1. The molecular weight excluding hydrogens is 278 g/mol. The van der Waals surface area contributed by atoms with Crippen molar-refractivity contribution >= 4 is 0 Å². The molecule has 1 aromatic rings. The number of hydrogen-bond donors (Lipinski definition) is 1. The number of rotatable bonds is 2. The normalized spacial score (nSPS) is 67.7. The molecule has 22 heavy (non-hydrogen) atoms. The van der Waals surface area contributed by atoms with Gasteiger partial charge in [-0.25, -0.2) is 0 Å². The number of benzene rings is 1. The van der Waals surface area contributed by atoms with Crippen molar-refractivity contribution < 1.29 is 33.8 Å². The molecule has 1 saturated heterocycles. The van der Waals surface area contributed by atoms with Crippen LogP contribution in [0.25, 0.3) is 0 Å². The van der Waals surface area contributed by atoms with Crippen molar-refractivity contribution in [1.82, 2.24) is 4.90 Å². The molecule has 2 aliphatic carbocycles. The summed E-state index contributed by atoms with van der Waals surface area (Å²) in [5.41, 5.74) is -3.49. The molecule has 4 heteroatoms. The van der Waals surface area contributed by atoms with Crippen molar-refractivity contribution in [2.24, 2.45) is 5.89 Å². The summed E-state index contributed by atoms with van der Waals surface area (Å²) in [7, 11) is -3.19. The fourth-order valence-corrected chi connectivity index (χ4v) is 3.78. The van der Waals surface area contributed by atoms with Gasteiger partial charge in [-0.2, -0.15) is 0 Å². The van der Waals surface area contributed by atoms with E-state index in [0.29, 0.717) is 4.90 Å². The van der Waals surface area contributed by atoms with Gasteiger partial charge in [0.2, 0.25) is 1.43 Å². The lowest BCUT2D eigenvalue weighted by Crippen LogP contribution is -2.64. The summed E-state index contributed by atoms with van der Waals surface area (Å²) in [4.78, 5) is 0.484. The zero-order chi connectivity index (χ0) is 28.0. The van der Waals surface area contributed by atoms with Gasteiger partial charge in [-0.15, -0.1) is 0 Å². The van der Waals surface area contributed by atoms with Crippen LogP contribution in [0.1, 0.15) is 36.7 Å². The van der Waals surface area contributed by atoms with Gasteiger partial charge < -0.3 is 19.5 Å². The first-order chi connectivity index (χ1) is 16.6. The highest BCUT2D eigenvalue weighted by atomic mass is 16.5. The van der Waals surface area contributed by atoms with E-state index in [-0.39, 0.29) is 0 Å². The molecule has 0 aromatic heterocycles. The largest absolute Gasteiger partial charge is 0.493 e. The lowest BCUT2D eigenvalue weighted by molar-refractivity contribution is -0.0453. The number of methoxy groups -OCH3 is 1. The van der Waals surface area contributed by atoms with Crippen molar-refractivity contribution in [3.8, 4) is 11.5 Å². The maximum absolute atomic E-state index is 9.53. The Morgan fingerprint density at radius 2 is 2.64 bits per heavy atom. The Bertz CT molecular complexity index is 1250. The van der Waals surface area contributed by atoms with E-state index >= 15 is 0 Å². The molecular formula is C18H21NO3. The van der Waals surface area contributed by atoms with Crippen LogP contribution in [0, 0.1) is 5.89 Å². The second kappa shape index (κ2) is 4.06. The molecule has 1 fully saturated rings. The number of likely N-dealkylation sites (N-methyl/N-ethyl adjacent to an activating group) is 1. The molecule has 116 valence electrons. The maximum atomic E-state index is 9.53. The van der Waals surface area contributed by atoms with E-state index in [1.165, 1.54) is 0 Å². The van der Waals surface area contributed by atoms with Gasteiger partial charge in [0.15, 0.2) is 11.5 Å². The van der Waals surface area contributed by atoms with E-state index in [2.05, 4.69) is 5.11 Å². The third kappa shape index (κ3) is 1.28. The molecule has 2 aliphatic heterocycles. The first-order valence-electron chi connectivity index (χ1n) is 14.2. The molecule has 2 heterocycles. The molecule has 1 N–H and O–H groups in total. The molecule has 0 amide bonds. The first-order valence-corrected chi connectivity index (χ1v) is 6.80. The summed E-state index contributed by atoms with van der Waals surface area (Å²) in [5, 5.41) is 4.56. The SMILES string of the molecule is [2H]OC1([2H])C=C[C@]2([2H])[C@@]34CCN(C([2H])([2H])[2H])[C@]2([2H])C([2H])([2H])c2c([2H])c([2H])c(OC([2H])([2H])[2H])c(c23)OC14[2H]. The van der Waals surface area contributed by atoms with Crippen LogP contribution in [-0.2, 0) is 11.8 Å². The molecule has 4 aliphatic rings. The lowest BCUT2D eigenvalue weighted by Gasteiger charge is -2.56. The van der Waals surface area contributed by atoms with E-state index in [9.17, 15) is 4.11 Å². The van der Waals surface area contributed by atoms with Gasteiger partial charge in [0.1, 0.15) is 12.2 Å². The van der Waals surface area contributed by atoms with E-state index in [1.54, 1.807) is 0 Å². The van der Waals surface area contributed by atoms with Gasteiger partial charge in [-0.1, -0.05) is 18.2 Å². The minimum absolute atomic E-state index is 0.436. The molecule has 2 bridgehead atoms. The second-order valence-corrected chi connectivity index (χ2v) is 5.58. The highest BCUT2D eigenvalue weighted by Crippen LogP contribution is 2.62. The van der Waals surface area contributed by atoms with Crippen molar-refractivity contribution in [3.63, 3.8) is 0 Å². The highest BCUT2D eigenvalue weighted by Gasteiger charge is 2.64. The minimum atomic E-state index is -3.19. The third-order valence-corrected chi connectivity index (χ3v) is 4.67. The summed E-state index contributed by atoms with van der Waals surface area (Å²) < 4.78 is 137. The molecule has 0 saturated carbocycles. The first kappa shape index (κ1) is 4.99. The fourth-order valence-electron chi connectivity index (χ4n) is 3.78. The van der Waals surface area contributed by atoms with Crippen molar-refractivity contribution in [2.45, 2.75) is 36.4 Å². The Hall–Kier alpha value is -1.52. The van der Waals surface area contributed by atoms with Crippen molar-refractivity contribution in [1.29, 1.82) is 1.43 Å². The lowest BCUT2D eigenvalue weighted by atomic mass is 9.53. The zero-order valence-electron chi connectivity index (χ0n) is 26.2. The number of likely N-dealkylation sites (tertiary alicyclic amines) is 1. The Kier molecular flexibility index (Phi) is 0.920. The molecule has 5 rings (SSSR count). The number of nitrogens with zero attached hydrogens (tertiary/aromatic N) is 1. The van der Waals surface area contributed by atoms with Gasteiger partial charge in [-0.05, 0) is 37.9 Å². The van der Waals surface area contributed by atoms with E-state index < -0.39 is 97.5 Å². The molecule has 0 radical (unpaired) electrons. The van der Waals surface area contributed by atoms with Crippen LogP contribution >= 0.6 is 0 Å². The van der Waals surface area contributed by atoms with Gasteiger partial charge in [-0.3, -0.25) is 0 Å². The predicted molar refractivity (Wildman–Crippen MR) is 82.5 cm³/mol. The second-order valence-electron chi connectivity index (χ2n) is 5.58. The van der Waals surface area contributed by atoms with E-state index in [4.69, 9.17) is 26.0 Å². The van der Waals surface area contributed by atoms with Crippen LogP contribution in [0.4, 0.5) is 0 Å². The topological polar surface area (TPSA) is 41.9 Å². The highest BCUT2D eigenvalue weighted by molar-refractivity contribution is 5.62. The molecule has 1 spiro atoms.